The first-order valence-corrected chi connectivity index (χ1v) is 8.50. The Morgan fingerprint density at radius 3 is 2.65 bits per heavy atom. The van der Waals surface area contributed by atoms with Gasteiger partial charge in [0.05, 0.1) is 0 Å². The van der Waals surface area contributed by atoms with E-state index in [9.17, 15) is 9.59 Å². The molecule has 1 aromatic rings. The van der Waals surface area contributed by atoms with E-state index in [0.717, 1.165) is 32.2 Å². The normalized spacial score (nSPS) is 21.0. The van der Waals surface area contributed by atoms with Crippen LogP contribution in [0.4, 0.5) is 4.79 Å². The van der Waals surface area contributed by atoms with Crippen molar-refractivity contribution in [3.8, 4) is 0 Å². The maximum absolute atomic E-state index is 12.1. The summed E-state index contributed by atoms with van der Waals surface area (Å²) in [7, 11) is 0. The number of nitrogens with one attached hydrogen (secondary N) is 3. The Morgan fingerprint density at radius 2 is 1.96 bits per heavy atom. The topological polar surface area (TPSA) is 75.2 Å². The molecule has 2 rings (SSSR count). The Kier molecular flexibility index (Phi) is 6.50. The van der Waals surface area contributed by atoms with Crippen LogP contribution in [0.5, 0.6) is 0 Å². The predicted molar refractivity (Wildman–Crippen MR) is 90.0 cm³/mol. The molecule has 2 unspecified atom stereocenters. The van der Waals surface area contributed by atoms with Gasteiger partial charge in [-0.15, -0.1) is 0 Å². The number of carbonyl (C=O) groups excluding carboxylic acids is 2. The van der Waals surface area contributed by atoms with Crippen LogP contribution in [0.25, 0.3) is 0 Å². The Balaban J connectivity index is 1.69. The summed E-state index contributed by atoms with van der Waals surface area (Å²) in [6.07, 6.45) is 7.49. The van der Waals surface area contributed by atoms with Gasteiger partial charge in [0, 0.05) is 43.5 Å². The van der Waals surface area contributed by atoms with E-state index in [1.54, 1.807) is 0 Å². The van der Waals surface area contributed by atoms with Crippen molar-refractivity contribution in [2.24, 2.45) is 5.92 Å². The van der Waals surface area contributed by atoms with Gasteiger partial charge in [-0.05, 0) is 45.2 Å². The summed E-state index contributed by atoms with van der Waals surface area (Å²) in [6, 6.07) is 4.02. The van der Waals surface area contributed by atoms with Crippen LogP contribution < -0.4 is 16.0 Å². The van der Waals surface area contributed by atoms with Gasteiger partial charge in [0.2, 0.25) is 5.91 Å². The number of aromatic nitrogens is 1. The lowest BCUT2D eigenvalue weighted by atomic mass is 9.85. The highest BCUT2D eigenvalue weighted by Gasteiger charge is 2.28. The lowest BCUT2D eigenvalue weighted by Gasteiger charge is -2.29. The number of hydrogen-bond acceptors (Lipinski definition) is 2. The van der Waals surface area contributed by atoms with E-state index in [-0.39, 0.29) is 29.9 Å². The molecule has 0 saturated heterocycles. The molecule has 0 aliphatic heterocycles. The zero-order valence-electron chi connectivity index (χ0n) is 14.0. The van der Waals surface area contributed by atoms with Gasteiger partial charge in [-0.2, -0.15) is 0 Å². The van der Waals surface area contributed by atoms with Crippen LogP contribution in [-0.2, 0) is 11.3 Å². The third kappa shape index (κ3) is 5.96. The lowest BCUT2D eigenvalue weighted by Crippen LogP contribution is -2.47. The number of amides is 3. The van der Waals surface area contributed by atoms with Gasteiger partial charge in [-0.3, -0.25) is 4.79 Å². The van der Waals surface area contributed by atoms with Crippen LogP contribution in [0.1, 0.15) is 39.5 Å². The second-order valence-electron chi connectivity index (χ2n) is 6.54. The van der Waals surface area contributed by atoms with Crippen molar-refractivity contribution < 1.29 is 9.59 Å². The fourth-order valence-corrected chi connectivity index (χ4v) is 3.02. The van der Waals surface area contributed by atoms with Crippen molar-refractivity contribution in [1.82, 2.24) is 20.5 Å². The molecular formula is C17H28N4O2. The molecule has 3 amide bonds. The fourth-order valence-electron chi connectivity index (χ4n) is 3.02. The second-order valence-corrected chi connectivity index (χ2v) is 6.54. The Labute approximate surface area is 138 Å². The molecule has 0 spiro atoms. The SMILES string of the molecule is CC(C)NC(=O)C1CCCC(NC(=O)NCCn2cccc2)C1. The van der Waals surface area contributed by atoms with E-state index in [4.69, 9.17) is 0 Å². The molecule has 1 saturated carbocycles. The monoisotopic (exact) mass is 320 g/mol. The lowest BCUT2D eigenvalue weighted by molar-refractivity contribution is -0.126. The summed E-state index contributed by atoms with van der Waals surface area (Å²) in [5.41, 5.74) is 0. The third-order valence-electron chi connectivity index (χ3n) is 4.13. The number of nitrogens with zero attached hydrogens (tertiary/aromatic N) is 1. The van der Waals surface area contributed by atoms with E-state index in [1.165, 1.54) is 0 Å². The van der Waals surface area contributed by atoms with Crippen LogP contribution in [-0.4, -0.2) is 35.1 Å². The molecule has 128 valence electrons. The van der Waals surface area contributed by atoms with Gasteiger partial charge in [0.15, 0.2) is 0 Å². The number of hydrogen-bond donors (Lipinski definition) is 3. The molecule has 0 bridgehead atoms. The minimum Gasteiger partial charge on any atom is -0.354 e. The van der Waals surface area contributed by atoms with Crippen molar-refractivity contribution in [1.29, 1.82) is 0 Å². The molecule has 1 aliphatic rings. The first-order chi connectivity index (χ1) is 11.0. The van der Waals surface area contributed by atoms with Gasteiger partial charge < -0.3 is 20.5 Å². The summed E-state index contributed by atoms with van der Waals surface area (Å²) in [5, 5.41) is 8.84. The highest BCUT2D eigenvalue weighted by Crippen LogP contribution is 2.24. The molecule has 1 fully saturated rings. The summed E-state index contributed by atoms with van der Waals surface area (Å²) in [6.45, 7) is 5.28. The van der Waals surface area contributed by atoms with Crippen LogP contribution in [0.3, 0.4) is 0 Å². The van der Waals surface area contributed by atoms with Gasteiger partial charge in [-0.25, -0.2) is 4.79 Å². The molecule has 6 heteroatoms. The molecule has 1 heterocycles. The highest BCUT2D eigenvalue weighted by molar-refractivity contribution is 5.79. The fraction of sp³-hybridized carbons (Fsp3) is 0.647. The summed E-state index contributed by atoms with van der Waals surface area (Å²) >= 11 is 0. The van der Waals surface area contributed by atoms with Crippen molar-refractivity contribution in [3.05, 3.63) is 24.5 Å². The van der Waals surface area contributed by atoms with Crippen LogP contribution >= 0.6 is 0 Å². The standard InChI is InChI=1S/C17H28N4O2/c1-13(2)19-16(22)14-6-5-7-15(12-14)20-17(23)18-8-11-21-9-3-4-10-21/h3-4,9-10,13-15H,5-8,11-12H2,1-2H3,(H,19,22)(H2,18,20,23). The molecular weight excluding hydrogens is 292 g/mol. The van der Waals surface area contributed by atoms with Crippen LogP contribution in [0.15, 0.2) is 24.5 Å². The largest absolute Gasteiger partial charge is 0.354 e. The predicted octanol–water partition coefficient (Wildman–Crippen LogP) is 1.87. The van der Waals surface area contributed by atoms with E-state index in [2.05, 4.69) is 16.0 Å². The maximum atomic E-state index is 12.1. The van der Waals surface area contributed by atoms with Crippen molar-refractivity contribution in [2.45, 2.75) is 58.2 Å². The second kappa shape index (κ2) is 8.60. The molecule has 6 nitrogen and oxygen atoms in total. The average molecular weight is 320 g/mol. The number of urea groups is 1. The Hall–Kier alpha value is -1.98. The minimum absolute atomic E-state index is 0.0105. The summed E-state index contributed by atoms with van der Waals surface area (Å²) in [4.78, 5) is 24.1. The summed E-state index contributed by atoms with van der Waals surface area (Å²) in [5.74, 6) is 0.121. The quantitative estimate of drug-likeness (QED) is 0.748. The van der Waals surface area contributed by atoms with Crippen molar-refractivity contribution in [2.75, 3.05) is 6.54 Å². The van der Waals surface area contributed by atoms with Gasteiger partial charge >= 0.3 is 6.03 Å². The van der Waals surface area contributed by atoms with Crippen LogP contribution in [0.2, 0.25) is 0 Å². The Morgan fingerprint density at radius 1 is 1.22 bits per heavy atom. The maximum Gasteiger partial charge on any atom is 0.315 e. The van der Waals surface area contributed by atoms with Gasteiger partial charge in [0.25, 0.3) is 0 Å². The summed E-state index contributed by atoms with van der Waals surface area (Å²) < 4.78 is 2.02. The first-order valence-electron chi connectivity index (χ1n) is 8.50. The third-order valence-corrected chi connectivity index (χ3v) is 4.13. The van der Waals surface area contributed by atoms with E-state index >= 15 is 0 Å². The molecule has 3 N–H and O–H groups in total. The smallest absolute Gasteiger partial charge is 0.315 e. The molecule has 1 aromatic heterocycles. The zero-order valence-corrected chi connectivity index (χ0v) is 14.0. The van der Waals surface area contributed by atoms with Crippen molar-refractivity contribution in [3.63, 3.8) is 0 Å². The first kappa shape index (κ1) is 17.4. The number of rotatable bonds is 6. The Bertz CT molecular complexity index is 499. The minimum atomic E-state index is -0.146. The molecule has 1 aliphatic carbocycles. The average Bonchev–Trinajstić information content (AvgIpc) is 3.00. The van der Waals surface area contributed by atoms with Gasteiger partial charge in [-0.1, -0.05) is 6.42 Å². The van der Waals surface area contributed by atoms with E-state index in [1.807, 2.05) is 42.9 Å². The molecule has 23 heavy (non-hydrogen) atoms. The number of carbonyl (C=O) groups is 2. The zero-order chi connectivity index (χ0) is 16.7. The highest BCUT2D eigenvalue weighted by atomic mass is 16.2. The van der Waals surface area contributed by atoms with Gasteiger partial charge in [0.1, 0.15) is 0 Å². The van der Waals surface area contributed by atoms with E-state index in [0.29, 0.717) is 6.54 Å². The van der Waals surface area contributed by atoms with E-state index < -0.39 is 0 Å². The van der Waals surface area contributed by atoms with Crippen molar-refractivity contribution >= 4 is 11.9 Å². The molecule has 0 radical (unpaired) electrons. The molecule has 2 atom stereocenters. The molecule has 0 aromatic carbocycles. The van der Waals surface area contributed by atoms with Crippen LogP contribution in [0, 0.1) is 5.92 Å².